The molecular formula is C14H15N5O. The quantitative estimate of drug-likeness (QED) is 0.871. The van der Waals surface area contributed by atoms with E-state index in [9.17, 15) is 4.79 Å². The summed E-state index contributed by atoms with van der Waals surface area (Å²) in [6.45, 7) is 2.15. The monoisotopic (exact) mass is 269 g/mol. The van der Waals surface area contributed by atoms with Gasteiger partial charge in [0.15, 0.2) is 0 Å². The van der Waals surface area contributed by atoms with Crippen molar-refractivity contribution in [1.82, 2.24) is 9.97 Å². The third-order valence-corrected chi connectivity index (χ3v) is 3.11. The lowest BCUT2D eigenvalue weighted by Gasteiger charge is -2.30. The number of para-hydroxylation sites is 2. The first kappa shape index (κ1) is 12.4. The second-order valence-corrected chi connectivity index (χ2v) is 4.59. The molecule has 2 aromatic rings. The molecule has 0 saturated carbocycles. The highest BCUT2D eigenvalue weighted by Gasteiger charge is 2.24. The molecule has 0 atom stereocenters. The standard InChI is InChI=1S/C14H15N5O/c1-9-7-12(18-14(15-2)16-9)19-8-13(20)17-10-5-3-4-6-11(10)19/h3-7H,8H2,1-2H3,(H,17,20)(H,15,16,18). The van der Waals surface area contributed by atoms with Crippen LogP contribution in [0.15, 0.2) is 30.3 Å². The molecule has 1 amide bonds. The largest absolute Gasteiger partial charge is 0.357 e. The minimum atomic E-state index is -0.0500. The third kappa shape index (κ3) is 2.16. The highest BCUT2D eigenvalue weighted by atomic mass is 16.2. The summed E-state index contributed by atoms with van der Waals surface area (Å²) < 4.78 is 0. The number of nitrogens with zero attached hydrogens (tertiary/aromatic N) is 3. The molecule has 0 spiro atoms. The zero-order chi connectivity index (χ0) is 14.1. The highest BCUT2D eigenvalue weighted by Crippen LogP contribution is 2.34. The molecule has 0 aliphatic carbocycles. The Morgan fingerprint density at radius 1 is 1.30 bits per heavy atom. The molecule has 2 N–H and O–H groups in total. The number of rotatable bonds is 2. The van der Waals surface area contributed by atoms with E-state index in [2.05, 4.69) is 20.6 Å². The van der Waals surface area contributed by atoms with Gasteiger partial charge in [0.05, 0.1) is 11.4 Å². The van der Waals surface area contributed by atoms with Gasteiger partial charge in [-0.1, -0.05) is 12.1 Å². The number of carbonyl (C=O) groups is 1. The van der Waals surface area contributed by atoms with Crippen LogP contribution in [0.5, 0.6) is 0 Å². The molecule has 1 aromatic carbocycles. The number of nitrogens with one attached hydrogen (secondary N) is 2. The van der Waals surface area contributed by atoms with Crippen LogP contribution in [0.1, 0.15) is 5.69 Å². The van der Waals surface area contributed by atoms with Crippen LogP contribution < -0.4 is 15.5 Å². The molecule has 0 unspecified atom stereocenters. The van der Waals surface area contributed by atoms with Crippen LogP contribution in [0.25, 0.3) is 0 Å². The molecule has 1 aliphatic heterocycles. The van der Waals surface area contributed by atoms with Gasteiger partial charge >= 0.3 is 0 Å². The van der Waals surface area contributed by atoms with E-state index in [0.29, 0.717) is 11.8 Å². The van der Waals surface area contributed by atoms with E-state index < -0.39 is 0 Å². The first-order valence-electron chi connectivity index (χ1n) is 6.37. The number of fused-ring (bicyclic) bond motifs is 1. The second kappa shape index (κ2) is 4.80. The maximum absolute atomic E-state index is 11.8. The van der Waals surface area contributed by atoms with Crippen LogP contribution in [-0.2, 0) is 4.79 Å². The lowest BCUT2D eigenvalue weighted by Crippen LogP contribution is -2.35. The van der Waals surface area contributed by atoms with E-state index in [4.69, 9.17) is 0 Å². The molecule has 0 saturated heterocycles. The fourth-order valence-corrected chi connectivity index (χ4v) is 2.24. The van der Waals surface area contributed by atoms with Crippen LogP contribution in [0.4, 0.5) is 23.1 Å². The molecule has 6 nitrogen and oxygen atoms in total. The molecule has 102 valence electrons. The second-order valence-electron chi connectivity index (χ2n) is 4.59. The van der Waals surface area contributed by atoms with Gasteiger partial charge < -0.3 is 15.5 Å². The fraction of sp³-hybridized carbons (Fsp3) is 0.214. The number of carbonyl (C=O) groups excluding carboxylic acids is 1. The summed E-state index contributed by atoms with van der Waals surface area (Å²) in [6.07, 6.45) is 0. The van der Waals surface area contributed by atoms with Crippen LogP contribution in [-0.4, -0.2) is 29.5 Å². The Balaban J connectivity index is 2.10. The van der Waals surface area contributed by atoms with Gasteiger partial charge in [-0.3, -0.25) is 4.79 Å². The normalized spacial score (nSPS) is 13.7. The Bertz CT molecular complexity index is 670. The van der Waals surface area contributed by atoms with Crippen molar-refractivity contribution >= 4 is 29.0 Å². The van der Waals surface area contributed by atoms with Crippen molar-refractivity contribution in [1.29, 1.82) is 0 Å². The first-order chi connectivity index (χ1) is 9.67. The third-order valence-electron chi connectivity index (χ3n) is 3.11. The van der Waals surface area contributed by atoms with Gasteiger partial charge in [0, 0.05) is 18.8 Å². The number of anilines is 4. The van der Waals surface area contributed by atoms with Crippen LogP contribution in [0.3, 0.4) is 0 Å². The lowest BCUT2D eigenvalue weighted by atomic mass is 10.2. The molecule has 3 rings (SSSR count). The molecule has 0 radical (unpaired) electrons. The molecule has 0 fully saturated rings. The number of hydrogen-bond acceptors (Lipinski definition) is 5. The Hall–Kier alpha value is -2.63. The molecule has 20 heavy (non-hydrogen) atoms. The Morgan fingerprint density at radius 2 is 2.10 bits per heavy atom. The number of aryl methyl sites for hydroxylation is 1. The van der Waals surface area contributed by atoms with Crippen molar-refractivity contribution in [3.05, 3.63) is 36.0 Å². The molecule has 1 aliphatic rings. The summed E-state index contributed by atoms with van der Waals surface area (Å²) in [5, 5.41) is 5.80. The summed E-state index contributed by atoms with van der Waals surface area (Å²) in [5.74, 6) is 1.21. The van der Waals surface area contributed by atoms with Crippen LogP contribution >= 0.6 is 0 Å². The topological polar surface area (TPSA) is 70.2 Å². The lowest BCUT2D eigenvalue weighted by molar-refractivity contribution is -0.115. The smallest absolute Gasteiger partial charge is 0.244 e. The summed E-state index contributed by atoms with van der Waals surface area (Å²) >= 11 is 0. The first-order valence-corrected chi connectivity index (χ1v) is 6.37. The molecular weight excluding hydrogens is 254 g/mol. The van der Waals surface area contributed by atoms with E-state index in [1.54, 1.807) is 7.05 Å². The molecule has 2 heterocycles. The SMILES string of the molecule is CNc1nc(C)cc(N2CC(=O)Nc3ccccc32)n1. The van der Waals surface area contributed by atoms with Gasteiger partial charge in [-0.05, 0) is 19.1 Å². The van der Waals surface area contributed by atoms with Gasteiger partial charge in [0.2, 0.25) is 11.9 Å². The van der Waals surface area contributed by atoms with Crippen molar-refractivity contribution < 1.29 is 4.79 Å². The zero-order valence-corrected chi connectivity index (χ0v) is 11.3. The van der Waals surface area contributed by atoms with E-state index in [1.165, 1.54) is 0 Å². The average molecular weight is 269 g/mol. The number of benzene rings is 1. The minimum absolute atomic E-state index is 0.0500. The van der Waals surface area contributed by atoms with E-state index >= 15 is 0 Å². The van der Waals surface area contributed by atoms with E-state index in [-0.39, 0.29) is 12.5 Å². The summed E-state index contributed by atoms with van der Waals surface area (Å²) in [4.78, 5) is 22.4. The zero-order valence-electron chi connectivity index (χ0n) is 11.3. The maximum atomic E-state index is 11.8. The number of amides is 1. The van der Waals surface area contributed by atoms with Crippen LogP contribution in [0.2, 0.25) is 0 Å². The van der Waals surface area contributed by atoms with Crippen molar-refractivity contribution in [3.8, 4) is 0 Å². The van der Waals surface area contributed by atoms with Gasteiger partial charge in [-0.15, -0.1) is 0 Å². The Kier molecular flexibility index (Phi) is 2.98. The summed E-state index contributed by atoms with van der Waals surface area (Å²) in [6, 6.07) is 9.55. The van der Waals surface area contributed by atoms with Crippen molar-refractivity contribution in [3.63, 3.8) is 0 Å². The maximum Gasteiger partial charge on any atom is 0.244 e. The molecule has 6 heteroatoms. The molecule has 0 bridgehead atoms. The van der Waals surface area contributed by atoms with E-state index in [0.717, 1.165) is 17.1 Å². The Labute approximate surface area is 116 Å². The van der Waals surface area contributed by atoms with Crippen molar-refractivity contribution in [2.45, 2.75) is 6.92 Å². The minimum Gasteiger partial charge on any atom is -0.357 e. The predicted molar refractivity (Wildman–Crippen MR) is 78.4 cm³/mol. The Morgan fingerprint density at radius 3 is 2.90 bits per heavy atom. The van der Waals surface area contributed by atoms with Gasteiger partial charge in [0.1, 0.15) is 12.4 Å². The van der Waals surface area contributed by atoms with Crippen molar-refractivity contribution in [2.24, 2.45) is 0 Å². The number of aromatic nitrogens is 2. The van der Waals surface area contributed by atoms with Crippen LogP contribution in [0, 0.1) is 6.92 Å². The number of hydrogen-bond donors (Lipinski definition) is 2. The predicted octanol–water partition coefficient (Wildman–Crippen LogP) is 1.92. The van der Waals surface area contributed by atoms with Crippen molar-refractivity contribution in [2.75, 3.05) is 29.1 Å². The summed E-state index contributed by atoms with van der Waals surface area (Å²) in [5.41, 5.74) is 2.58. The van der Waals surface area contributed by atoms with Gasteiger partial charge in [-0.2, -0.15) is 4.98 Å². The average Bonchev–Trinajstić information content (AvgIpc) is 2.45. The molecule has 1 aromatic heterocycles. The van der Waals surface area contributed by atoms with Gasteiger partial charge in [0.25, 0.3) is 0 Å². The highest BCUT2D eigenvalue weighted by molar-refractivity contribution is 6.02. The summed E-state index contributed by atoms with van der Waals surface area (Å²) in [7, 11) is 1.77. The van der Waals surface area contributed by atoms with E-state index in [1.807, 2.05) is 42.2 Å². The fourth-order valence-electron chi connectivity index (χ4n) is 2.24. The van der Waals surface area contributed by atoms with Gasteiger partial charge in [-0.25, -0.2) is 4.98 Å².